The van der Waals surface area contributed by atoms with Gasteiger partial charge < -0.3 is 14.5 Å². The first-order chi connectivity index (χ1) is 10.3. The molecule has 7 nitrogen and oxygen atoms in total. The zero-order valence-corrected chi connectivity index (χ0v) is 13.6. The lowest BCUT2D eigenvalue weighted by atomic mass is 9.84. The molecule has 0 bridgehead atoms. The number of carbonyl (C=O) groups excluding carboxylic acids is 4. The Bertz CT molecular complexity index is 455. The van der Waals surface area contributed by atoms with Gasteiger partial charge in [0.25, 0.3) is 5.91 Å². The number of hydrogen-bond acceptors (Lipinski definition) is 5. The predicted octanol–water partition coefficient (Wildman–Crippen LogP) is -0.266. The van der Waals surface area contributed by atoms with Crippen LogP contribution in [0.5, 0.6) is 0 Å². The highest BCUT2D eigenvalue weighted by Crippen LogP contribution is 2.19. The van der Waals surface area contributed by atoms with Crippen molar-refractivity contribution in [1.82, 2.24) is 9.80 Å². The maximum atomic E-state index is 12.4. The van der Waals surface area contributed by atoms with Crippen molar-refractivity contribution >= 4 is 23.4 Å². The summed E-state index contributed by atoms with van der Waals surface area (Å²) in [6.07, 6.45) is 0.146. The first-order valence-corrected chi connectivity index (χ1v) is 7.46. The molecule has 0 aromatic carbocycles. The third-order valence-electron chi connectivity index (χ3n) is 3.82. The number of ether oxygens (including phenoxy) is 1. The molecule has 0 aromatic rings. The zero-order valence-electron chi connectivity index (χ0n) is 13.6. The highest BCUT2D eigenvalue weighted by molar-refractivity contribution is 6.37. The molecule has 7 heteroatoms. The summed E-state index contributed by atoms with van der Waals surface area (Å²) in [6, 6.07) is 0. The van der Waals surface area contributed by atoms with Gasteiger partial charge in [0.15, 0.2) is 0 Å². The molecule has 1 heterocycles. The minimum atomic E-state index is -1.10. The number of morpholine rings is 1. The van der Waals surface area contributed by atoms with Crippen molar-refractivity contribution in [3.63, 3.8) is 0 Å². The molecular weight excluding hydrogens is 288 g/mol. The molecule has 0 spiro atoms. The number of ketones is 2. The fourth-order valence-electron chi connectivity index (χ4n) is 2.40. The summed E-state index contributed by atoms with van der Waals surface area (Å²) in [6.45, 7) is 4.60. The van der Waals surface area contributed by atoms with Crippen LogP contribution in [0.15, 0.2) is 0 Å². The van der Waals surface area contributed by atoms with E-state index in [-0.39, 0.29) is 12.2 Å². The van der Waals surface area contributed by atoms with Gasteiger partial charge in [0.05, 0.1) is 13.2 Å². The summed E-state index contributed by atoms with van der Waals surface area (Å²) < 4.78 is 5.14. The van der Waals surface area contributed by atoms with Gasteiger partial charge in [0.1, 0.15) is 11.7 Å². The topological polar surface area (TPSA) is 84.0 Å². The summed E-state index contributed by atoms with van der Waals surface area (Å²) in [5.74, 6) is -4.16. The van der Waals surface area contributed by atoms with Crippen molar-refractivity contribution < 1.29 is 23.9 Å². The summed E-state index contributed by atoms with van der Waals surface area (Å²) in [4.78, 5) is 51.6. The van der Waals surface area contributed by atoms with E-state index in [2.05, 4.69) is 0 Å². The molecule has 1 rings (SSSR count). The first-order valence-electron chi connectivity index (χ1n) is 7.46. The Morgan fingerprint density at radius 2 is 1.68 bits per heavy atom. The SMILES string of the molecule is CCC(=O)[C@H](C(=O)N(C)C)[C@@H](C)C(=O)C(=O)N1CCOCC1. The second kappa shape index (κ2) is 8.03. The van der Waals surface area contributed by atoms with Gasteiger partial charge in [-0.2, -0.15) is 0 Å². The minimum Gasteiger partial charge on any atom is -0.378 e. The predicted molar refractivity (Wildman–Crippen MR) is 79.1 cm³/mol. The lowest BCUT2D eigenvalue weighted by molar-refractivity contribution is -0.153. The second-order valence-corrected chi connectivity index (χ2v) is 5.59. The number of carbonyl (C=O) groups is 4. The average Bonchev–Trinajstić information content (AvgIpc) is 2.53. The van der Waals surface area contributed by atoms with E-state index in [0.717, 1.165) is 0 Å². The van der Waals surface area contributed by atoms with E-state index in [9.17, 15) is 19.2 Å². The Morgan fingerprint density at radius 1 is 1.14 bits per heavy atom. The zero-order chi connectivity index (χ0) is 16.9. The molecular formula is C15H24N2O5. The molecule has 0 radical (unpaired) electrons. The highest BCUT2D eigenvalue weighted by Gasteiger charge is 2.39. The van der Waals surface area contributed by atoms with Gasteiger partial charge in [-0.3, -0.25) is 19.2 Å². The number of Topliss-reactive ketones (excluding diaryl/α,β-unsaturated/α-hetero) is 2. The molecule has 1 aliphatic rings. The number of nitrogens with zero attached hydrogens (tertiary/aromatic N) is 2. The first kappa shape index (κ1) is 18.3. The lowest BCUT2D eigenvalue weighted by Crippen LogP contribution is -2.49. The normalized spacial score (nSPS) is 17.5. The molecule has 22 heavy (non-hydrogen) atoms. The summed E-state index contributed by atoms with van der Waals surface area (Å²) in [5, 5.41) is 0. The van der Waals surface area contributed by atoms with Gasteiger partial charge in [0.2, 0.25) is 11.7 Å². The van der Waals surface area contributed by atoms with Gasteiger partial charge >= 0.3 is 0 Å². The van der Waals surface area contributed by atoms with Crippen LogP contribution in [0, 0.1) is 11.8 Å². The number of rotatable bonds is 6. The van der Waals surface area contributed by atoms with E-state index in [1.54, 1.807) is 6.92 Å². The molecule has 0 saturated carbocycles. The summed E-state index contributed by atoms with van der Waals surface area (Å²) in [5.41, 5.74) is 0. The van der Waals surface area contributed by atoms with Gasteiger partial charge in [-0.15, -0.1) is 0 Å². The smallest absolute Gasteiger partial charge is 0.290 e. The van der Waals surface area contributed by atoms with E-state index >= 15 is 0 Å². The van der Waals surface area contributed by atoms with E-state index in [4.69, 9.17) is 4.74 Å². The minimum absolute atomic E-state index is 0.146. The summed E-state index contributed by atoms with van der Waals surface area (Å²) in [7, 11) is 3.05. The van der Waals surface area contributed by atoms with E-state index in [1.807, 2.05) is 0 Å². The average molecular weight is 312 g/mol. The molecule has 2 amide bonds. The van der Waals surface area contributed by atoms with Crippen LogP contribution in [0.4, 0.5) is 0 Å². The largest absolute Gasteiger partial charge is 0.378 e. The van der Waals surface area contributed by atoms with Crippen LogP contribution >= 0.6 is 0 Å². The Kier molecular flexibility index (Phi) is 6.67. The van der Waals surface area contributed by atoms with Crippen LogP contribution in [0.2, 0.25) is 0 Å². The van der Waals surface area contributed by atoms with Gasteiger partial charge in [-0.05, 0) is 0 Å². The quantitative estimate of drug-likeness (QED) is 0.498. The molecule has 0 N–H and O–H groups in total. The third kappa shape index (κ3) is 4.13. The standard InChI is InChI=1S/C15H24N2O5/c1-5-11(18)12(14(20)16(3)4)10(2)13(19)15(21)17-6-8-22-9-7-17/h10,12H,5-9H2,1-4H3/t10-,12-/m1/s1. The van der Waals surface area contributed by atoms with Crippen molar-refractivity contribution in [2.45, 2.75) is 20.3 Å². The lowest BCUT2D eigenvalue weighted by Gasteiger charge is -2.29. The van der Waals surface area contributed by atoms with Gasteiger partial charge in [-0.25, -0.2) is 0 Å². The molecule has 0 aromatic heterocycles. The van der Waals surface area contributed by atoms with Crippen molar-refractivity contribution in [1.29, 1.82) is 0 Å². The maximum Gasteiger partial charge on any atom is 0.290 e. The Hall–Kier alpha value is -1.76. The highest BCUT2D eigenvalue weighted by atomic mass is 16.5. The third-order valence-corrected chi connectivity index (χ3v) is 3.82. The molecule has 1 fully saturated rings. The van der Waals surface area contributed by atoms with Crippen LogP contribution < -0.4 is 0 Å². The monoisotopic (exact) mass is 312 g/mol. The Labute approximate surface area is 130 Å². The molecule has 124 valence electrons. The molecule has 2 atom stereocenters. The van der Waals surface area contributed by atoms with Crippen molar-refractivity contribution in [2.24, 2.45) is 11.8 Å². The van der Waals surface area contributed by atoms with Crippen LogP contribution in [-0.2, 0) is 23.9 Å². The van der Waals surface area contributed by atoms with Crippen LogP contribution in [0.1, 0.15) is 20.3 Å². The van der Waals surface area contributed by atoms with Crippen molar-refractivity contribution in [2.75, 3.05) is 40.4 Å². The van der Waals surface area contributed by atoms with Crippen LogP contribution in [-0.4, -0.2) is 73.6 Å². The number of amides is 2. The molecule has 0 aliphatic carbocycles. The number of hydrogen-bond donors (Lipinski definition) is 0. The van der Waals surface area contributed by atoms with Crippen molar-refractivity contribution in [3.8, 4) is 0 Å². The van der Waals surface area contributed by atoms with E-state index < -0.39 is 29.4 Å². The molecule has 1 saturated heterocycles. The van der Waals surface area contributed by atoms with E-state index in [0.29, 0.717) is 26.3 Å². The van der Waals surface area contributed by atoms with Crippen molar-refractivity contribution in [3.05, 3.63) is 0 Å². The van der Waals surface area contributed by atoms with Crippen LogP contribution in [0.25, 0.3) is 0 Å². The molecule has 1 aliphatic heterocycles. The molecule has 0 unspecified atom stereocenters. The Balaban J connectivity index is 2.89. The Morgan fingerprint density at radius 3 is 2.14 bits per heavy atom. The second-order valence-electron chi connectivity index (χ2n) is 5.59. The van der Waals surface area contributed by atoms with Gasteiger partial charge in [-0.1, -0.05) is 13.8 Å². The fourth-order valence-corrected chi connectivity index (χ4v) is 2.40. The van der Waals surface area contributed by atoms with E-state index in [1.165, 1.54) is 30.8 Å². The maximum absolute atomic E-state index is 12.4. The fraction of sp³-hybridized carbons (Fsp3) is 0.733. The van der Waals surface area contributed by atoms with Gasteiger partial charge in [0, 0.05) is 39.5 Å². The summed E-state index contributed by atoms with van der Waals surface area (Å²) >= 11 is 0. The van der Waals surface area contributed by atoms with Crippen LogP contribution in [0.3, 0.4) is 0 Å².